The van der Waals surface area contributed by atoms with Crippen LogP contribution in [0, 0.1) is 12.7 Å². The third-order valence-corrected chi connectivity index (χ3v) is 2.05. The van der Waals surface area contributed by atoms with E-state index in [-0.39, 0.29) is 5.82 Å². The Morgan fingerprint density at radius 1 is 1.54 bits per heavy atom. The molecule has 0 aliphatic carbocycles. The minimum Gasteiger partial charge on any atom is -0.301 e. The Kier molecular flexibility index (Phi) is 1.65. The maximum atomic E-state index is 12.9. The molecule has 2 rings (SSSR count). The first kappa shape index (κ1) is 7.98. The molecule has 0 aliphatic heterocycles. The molecule has 0 aliphatic rings. The number of pyridine rings is 1. The standard InChI is InChI=1S/C10H9FN2/c1-3-9-7(2)13-6-8(11)4-5-10(13)12-9/h3-6H,1H2,2H3. The van der Waals surface area contributed by atoms with Gasteiger partial charge in [-0.05, 0) is 25.1 Å². The van der Waals surface area contributed by atoms with Gasteiger partial charge in [0.2, 0.25) is 0 Å². The molecule has 0 bridgehead atoms. The molecule has 2 heterocycles. The van der Waals surface area contributed by atoms with E-state index in [0.717, 1.165) is 17.0 Å². The summed E-state index contributed by atoms with van der Waals surface area (Å²) in [7, 11) is 0. The van der Waals surface area contributed by atoms with Gasteiger partial charge >= 0.3 is 0 Å². The quantitative estimate of drug-likeness (QED) is 0.652. The summed E-state index contributed by atoms with van der Waals surface area (Å²) in [6.07, 6.45) is 3.09. The highest BCUT2D eigenvalue weighted by molar-refractivity contribution is 5.53. The van der Waals surface area contributed by atoms with Gasteiger partial charge in [0.1, 0.15) is 11.5 Å². The van der Waals surface area contributed by atoms with Gasteiger partial charge in [-0.2, -0.15) is 0 Å². The average molecular weight is 176 g/mol. The third-order valence-electron chi connectivity index (χ3n) is 2.05. The van der Waals surface area contributed by atoms with Gasteiger partial charge in [-0.3, -0.25) is 0 Å². The van der Waals surface area contributed by atoms with E-state index in [0.29, 0.717) is 0 Å². The van der Waals surface area contributed by atoms with Crippen molar-refractivity contribution in [1.82, 2.24) is 9.38 Å². The van der Waals surface area contributed by atoms with Gasteiger partial charge in [0.05, 0.1) is 5.69 Å². The second-order valence-electron chi connectivity index (χ2n) is 2.86. The van der Waals surface area contributed by atoms with E-state index in [9.17, 15) is 4.39 Å². The van der Waals surface area contributed by atoms with E-state index in [4.69, 9.17) is 0 Å². The Bertz CT molecular complexity index is 471. The molecule has 0 aromatic carbocycles. The number of nitrogens with zero attached hydrogens (tertiary/aromatic N) is 2. The third kappa shape index (κ3) is 1.13. The summed E-state index contributed by atoms with van der Waals surface area (Å²) in [4.78, 5) is 4.25. The maximum absolute atomic E-state index is 12.9. The molecule has 0 saturated carbocycles. The minimum absolute atomic E-state index is 0.261. The summed E-state index contributed by atoms with van der Waals surface area (Å²) in [5, 5.41) is 0. The Hall–Kier alpha value is -1.64. The van der Waals surface area contributed by atoms with Crippen LogP contribution >= 0.6 is 0 Å². The summed E-state index contributed by atoms with van der Waals surface area (Å²) in [6, 6.07) is 3.05. The van der Waals surface area contributed by atoms with Crippen molar-refractivity contribution < 1.29 is 4.39 Å². The molecule has 2 aromatic rings. The molecule has 0 saturated heterocycles. The van der Waals surface area contributed by atoms with Crippen molar-refractivity contribution >= 4 is 11.7 Å². The maximum Gasteiger partial charge on any atom is 0.139 e. The van der Waals surface area contributed by atoms with Crippen LogP contribution in [0.4, 0.5) is 4.39 Å². The topological polar surface area (TPSA) is 17.3 Å². The van der Waals surface area contributed by atoms with Crippen molar-refractivity contribution in [2.45, 2.75) is 6.92 Å². The van der Waals surface area contributed by atoms with Crippen LogP contribution in [-0.4, -0.2) is 9.38 Å². The lowest BCUT2D eigenvalue weighted by Gasteiger charge is -1.95. The molecule has 66 valence electrons. The fraction of sp³-hybridized carbons (Fsp3) is 0.100. The largest absolute Gasteiger partial charge is 0.301 e. The van der Waals surface area contributed by atoms with E-state index in [1.54, 1.807) is 16.5 Å². The Balaban J connectivity index is 2.84. The van der Waals surface area contributed by atoms with Crippen LogP contribution in [-0.2, 0) is 0 Å². The lowest BCUT2D eigenvalue weighted by Crippen LogP contribution is -1.88. The molecular formula is C10H9FN2. The van der Waals surface area contributed by atoms with Crippen LogP contribution in [0.5, 0.6) is 0 Å². The molecule has 0 spiro atoms. The highest BCUT2D eigenvalue weighted by Gasteiger charge is 2.04. The van der Waals surface area contributed by atoms with Crippen molar-refractivity contribution in [3.63, 3.8) is 0 Å². The van der Waals surface area contributed by atoms with Crippen LogP contribution in [0.3, 0.4) is 0 Å². The second kappa shape index (κ2) is 2.69. The zero-order valence-corrected chi connectivity index (χ0v) is 7.29. The number of imidazole rings is 1. The normalized spacial score (nSPS) is 10.6. The van der Waals surface area contributed by atoms with Gasteiger partial charge in [-0.25, -0.2) is 9.37 Å². The van der Waals surface area contributed by atoms with Crippen LogP contribution in [0.1, 0.15) is 11.4 Å². The molecule has 2 nitrogen and oxygen atoms in total. The van der Waals surface area contributed by atoms with E-state index < -0.39 is 0 Å². The van der Waals surface area contributed by atoms with Crippen LogP contribution < -0.4 is 0 Å². The van der Waals surface area contributed by atoms with Gasteiger partial charge < -0.3 is 4.40 Å². The molecule has 2 aromatic heterocycles. The lowest BCUT2D eigenvalue weighted by molar-refractivity contribution is 0.618. The smallest absolute Gasteiger partial charge is 0.139 e. The minimum atomic E-state index is -0.261. The Morgan fingerprint density at radius 2 is 2.31 bits per heavy atom. The van der Waals surface area contributed by atoms with E-state index in [2.05, 4.69) is 11.6 Å². The summed E-state index contributed by atoms with van der Waals surface area (Å²) in [5.41, 5.74) is 2.45. The highest BCUT2D eigenvalue weighted by Crippen LogP contribution is 2.13. The van der Waals surface area contributed by atoms with Gasteiger partial charge in [0.15, 0.2) is 0 Å². The molecule has 0 atom stereocenters. The fourth-order valence-electron chi connectivity index (χ4n) is 1.35. The first-order valence-electron chi connectivity index (χ1n) is 3.99. The van der Waals surface area contributed by atoms with Crippen molar-refractivity contribution in [2.75, 3.05) is 0 Å². The van der Waals surface area contributed by atoms with Crippen molar-refractivity contribution in [2.24, 2.45) is 0 Å². The predicted octanol–water partition coefficient (Wildman–Crippen LogP) is 2.42. The van der Waals surface area contributed by atoms with Gasteiger partial charge in [-0.15, -0.1) is 0 Å². The molecule has 0 radical (unpaired) electrons. The molecule has 0 fully saturated rings. The number of fused-ring (bicyclic) bond motifs is 1. The Labute approximate surface area is 75.3 Å². The summed E-state index contributed by atoms with van der Waals surface area (Å²) >= 11 is 0. The number of hydrogen-bond acceptors (Lipinski definition) is 1. The molecule has 13 heavy (non-hydrogen) atoms. The van der Waals surface area contributed by atoms with Gasteiger partial charge in [0.25, 0.3) is 0 Å². The zero-order valence-electron chi connectivity index (χ0n) is 7.29. The molecule has 0 unspecified atom stereocenters. The van der Waals surface area contributed by atoms with Crippen LogP contribution in [0.2, 0.25) is 0 Å². The van der Waals surface area contributed by atoms with Crippen molar-refractivity contribution in [3.05, 3.63) is 42.1 Å². The molecule has 0 amide bonds. The lowest BCUT2D eigenvalue weighted by atomic mass is 10.3. The fourth-order valence-corrected chi connectivity index (χ4v) is 1.35. The predicted molar refractivity (Wildman–Crippen MR) is 50.0 cm³/mol. The highest BCUT2D eigenvalue weighted by atomic mass is 19.1. The average Bonchev–Trinajstić information content (AvgIpc) is 2.44. The number of aryl methyl sites for hydroxylation is 1. The summed E-state index contributed by atoms with van der Waals surface area (Å²) < 4.78 is 14.6. The van der Waals surface area contributed by atoms with Crippen molar-refractivity contribution in [3.8, 4) is 0 Å². The first-order chi connectivity index (χ1) is 6.22. The van der Waals surface area contributed by atoms with Crippen LogP contribution in [0.25, 0.3) is 11.7 Å². The van der Waals surface area contributed by atoms with Gasteiger partial charge in [-0.1, -0.05) is 6.58 Å². The second-order valence-corrected chi connectivity index (χ2v) is 2.86. The van der Waals surface area contributed by atoms with E-state index in [1.807, 2.05) is 6.92 Å². The first-order valence-corrected chi connectivity index (χ1v) is 3.99. The van der Waals surface area contributed by atoms with E-state index in [1.165, 1.54) is 12.3 Å². The number of halogens is 1. The summed E-state index contributed by atoms with van der Waals surface area (Å²) in [5.74, 6) is -0.261. The molecular weight excluding hydrogens is 167 g/mol. The number of rotatable bonds is 1. The van der Waals surface area contributed by atoms with E-state index >= 15 is 0 Å². The zero-order chi connectivity index (χ0) is 9.42. The SMILES string of the molecule is C=Cc1nc2ccc(F)cn2c1C. The number of aromatic nitrogens is 2. The Morgan fingerprint density at radius 3 is 3.00 bits per heavy atom. The van der Waals surface area contributed by atoms with Crippen molar-refractivity contribution in [1.29, 1.82) is 0 Å². The van der Waals surface area contributed by atoms with Gasteiger partial charge in [0, 0.05) is 11.9 Å². The molecule has 0 N–H and O–H groups in total. The monoisotopic (exact) mass is 176 g/mol. The summed E-state index contributed by atoms with van der Waals surface area (Å²) in [6.45, 7) is 5.53. The number of hydrogen-bond donors (Lipinski definition) is 0. The van der Waals surface area contributed by atoms with Crippen LogP contribution in [0.15, 0.2) is 24.9 Å². The molecule has 3 heteroatoms.